The molecule has 1 atom stereocenters. The molecule has 0 aromatic heterocycles. The molecule has 1 aliphatic rings. The van der Waals surface area contributed by atoms with E-state index in [1.165, 1.54) is 35.2 Å². The zero-order valence-electron chi connectivity index (χ0n) is 12.6. The number of amides is 1. The van der Waals surface area contributed by atoms with Crippen molar-refractivity contribution in [2.45, 2.75) is 17.5 Å². The van der Waals surface area contributed by atoms with Crippen LogP contribution in [0.25, 0.3) is 0 Å². The number of halogens is 2. The Kier molecular flexibility index (Phi) is 4.47. The molecular weight excluding hydrogens is 385 g/mol. The van der Waals surface area contributed by atoms with E-state index in [0.29, 0.717) is 16.1 Å². The van der Waals surface area contributed by atoms with Gasteiger partial charge in [0.1, 0.15) is 6.04 Å². The lowest BCUT2D eigenvalue weighted by Gasteiger charge is -2.20. The number of nitrogens with two attached hydrogens (primary N) is 1. The van der Waals surface area contributed by atoms with Crippen LogP contribution in [0.1, 0.15) is 27.5 Å². The van der Waals surface area contributed by atoms with Gasteiger partial charge in [0.2, 0.25) is 10.0 Å². The van der Waals surface area contributed by atoms with Crippen LogP contribution in [0, 0.1) is 11.3 Å². The summed E-state index contributed by atoms with van der Waals surface area (Å²) >= 11 is 12.3. The highest BCUT2D eigenvalue weighted by Crippen LogP contribution is 2.42. The summed E-state index contributed by atoms with van der Waals surface area (Å²) in [5.41, 5.74) is 1.26. The van der Waals surface area contributed by atoms with E-state index in [2.05, 4.69) is 6.07 Å². The maximum atomic E-state index is 12.7. The molecule has 9 heteroatoms. The number of benzene rings is 2. The topological polar surface area (TPSA) is 104 Å². The third-order valence-corrected chi connectivity index (χ3v) is 5.50. The van der Waals surface area contributed by atoms with Gasteiger partial charge in [-0.1, -0.05) is 35.3 Å². The fraction of sp³-hybridized carbons (Fsp3) is 0.125. The molecule has 6 nitrogen and oxygen atoms in total. The Bertz CT molecular complexity index is 1010. The van der Waals surface area contributed by atoms with E-state index >= 15 is 0 Å². The molecule has 2 aromatic carbocycles. The van der Waals surface area contributed by atoms with E-state index in [4.69, 9.17) is 28.3 Å². The summed E-state index contributed by atoms with van der Waals surface area (Å²) in [6.07, 6.45) is 0. The van der Waals surface area contributed by atoms with Crippen molar-refractivity contribution >= 4 is 39.1 Å². The Morgan fingerprint density at radius 1 is 1.12 bits per heavy atom. The monoisotopic (exact) mass is 395 g/mol. The van der Waals surface area contributed by atoms with Crippen molar-refractivity contribution in [2.24, 2.45) is 5.14 Å². The molecule has 0 fully saturated rings. The molecule has 3 rings (SSSR count). The summed E-state index contributed by atoms with van der Waals surface area (Å²) in [5, 5.41) is 15.1. The summed E-state index contributed by atoms with van der Waals surface area (Å²) in [6, 6.07) is 10.0. The van der Waals surface area contributed by atoms with Crippen LogP contribution in [-0.4, -0.2) is 19.2 Å². The molecule has 1 amide bonds. The molecule has 2 aromatic rings. The summed E-state index contributed by atoms with van der Waals surface area (Å²) in [7, 11) is -3.80. The molecule has 2 N–H and O–H groups in total. The molecule has 0 saturated heterocycles. The summed E-state index contributed by atoms with van der Waals surface area (Å²) in [5.74, 6) is -0.399. The fourth-order valence-electron chi connectivity index (χ4n) is 2.75. The average molecular weight is 396 g/mol. The summed E-state index contributed by atoms with van der Waals surface area (Å²) in [6.45, 7) is 0.100. The molecule has 1 heterocycles. The van der Waals surface area contributed by atoms with E-state index in [9.17, 15) is 18.5 Å². The van der Waals surface area contributed by atoms with Gasteiger partial charge in [0, 0.05) is 17.1 Å². The summed E-state index contributed by atoms with van der Waals surface area (Å²) in [4.78, 5) is 14.0. The number of nitriles is 1. The Morgan fingerprint density at radius 2 is 1.72 bits per heavy atom. The van der Waals surface area contributed by atoms with Gasteiger partial charge in [-0.2, -0.15) is 5.26 Å². The van der Waals surface area contributed by atoms with Crippen molar-refractivity contribution in [3.63, 3.8) is 0 Å². The second kappa shape index (κ2) is 6.32. The number of hydrogen-bond acceptors (Lipinski definition) is 4. The maximum Gasteiger partial charge on any atom is 0.257 e. The smallest absolute Gasteiger partial charge is 0.257 e. The number of carbonyl (C=O) groups excluding carboxylic acids is 1. The molecule has 0 aliphatic carbocycles. The molecule has 0 radical (unpaired) electrons. The highest BCUT2D eigenvalue weighted by atomic mass is 35.5. The van der Waals surface area contributed by atoms with Gasteiger partial charge in [-0.15, -0.1) is 0 Å². The Morgan fingerprint density at radius 3 is 2.28 bits per heavy atom. The quantitative estimate of drug-likeness (QED) is 0.861. The number of sulfonamides is 1. The van der Waals surface area contributed by atoms with Crippen LogP contribution in [0.4, 0.5) is 0 Å². The van der Waals surface area contributed by atoms with Crippen molar-refractivity contribution in [3.05, 3.63) is 63.1 Å². The normalized spacial score (nSPS) is 16.6. The van der Waals surface area contributed by atoms with E-state index in [1.807, 2.05) is 0 Å². The fourth-order valence-corrected chi connectivity index (χ4v) is 3.77. The van der Waals surface area contributed by atoms with Gasteiger partial charge in [-0.25, -0.2) is 13.6 Å². The first-order valence-corrected chi connectivity index (χ1v) is 9.34. The molecule has 128 valence electrons. The second-order valence-electron chi connectivity index (χ2n) is 5.47. The third-order valence-electron chi connectivity index (χ3n) is 3.93. The largest absolute Gasteiger partial charge is 0.314 e. The standard InChI is InChI=1S/C16H11Cl2N3O3S/c17-11-5-6-12(18)15-14(11)13(7-19)21(16(15)22)8-9-1-3-10(4-2-9)25(20,23)24/h1-6,13H,8H2,(H2,20,23,24). The Hall–Kier alpha value is -2.11. The molecular formula is C16H11Cl2N3O3S. The highest BCUT2D eigenvalue weighted by molar-refractivity contribution is 7.89. The summed E-state index contributed by atoms with van der Waals surface area (Å²) < 4.78 is 22.6. The number of nitrogens with zero attached hydrogens (tertiary/aromatic N) is 2. The van der Waals surface area contributed by atoms with E-state index in [1.54, 1.807) is 6.07 Å². The Balaban J connectivity index is 1.97. The van der Waals surface area contributed by atoms with Crippen molar-refractivity contribution in [2.75, 3.05) is 0 Å². The predicted octanol–water partition coefficient (Wildman–Crippen LogP) is 2.86. The Labute approximate surface area is 154 Å². The van der Waals surface area contributed by atoms with Crippen LogP contribution in [0.3, 0.4) is 0 Å². The van der Waals surface area contributed by atoms with Crippen molar-refractivity contribution in [1.82, 2.24) is 4.90 Å². The lowest BCUT2D eigenvalue weighted by molar-refractivity contribution is 0.0744. The van der Waals surface area contributed by atoms with Crippen molar-refractivity contribution in [1.29, 1.82) is 5.26 Å². The maximum absolute atomic E-state index is 12.7. The van der Waals surface area contributed by atoms with Crippen LogP contribution in [-0.2, 0) is 16.6 Å². The molecule has 1 unspecified atom stereocenters. The van der Waals surface area contributed by atoms with Gasteiger partial charge < -0.3 is 4.90 Å². The first kappa shape index (κ1) is 17.7. The van der Waals surface area contributed by atoms with Gasteiger partial charge in [0.05, 0.1) is 21.6 Å². The van der Waals surface area contributed by atoms with Crippen LogP contribution < -0.4 is 5.14 Å². The van der Waals surface area contributed by atoms with Gasteiger partial charge in [-0.3, -0.25) is 4.79 Å². The molecule has 0 saturated carbocycles. The molecule has 25 heavy (non-hydrogen) atoms. The third kappa shape index (κ3) is 3.10. The van der Waals surface area contributed by atoms with Gasteiger partial charge in [0.15, 0.2) is 0 Å². The van der Waals surface area contributed by atoms with Crippen LogP contribution >= 0.6 is 23.2 Å². The minimum absolute atomic E-state index is 0.0322. The van der Waals surface area contributed by atoms with Crippen LogP contribution in [0.15, 0.2) is 41.3 Å². The predicted molar refractivity (Wildman–Crippen MR) is 92.5 cm³/mol. The zero-order valence-corrected chi connectivity index (χ0v) is 14.9. The van der Waals surface area contributed by atoms with Crippen LogP contribution in [0.2, 0.25) is 10.0 Å². The second-order valence-corrected chi connectivity index (χ2v) is 7.85. The first-order valence-electron chi connectivity index (χ1n) is 7.04. The number of fused-ring (bicyclic) bond motifs is 1. The number of rotatable bonds is 3. The number of carbonyl (C=O) groups is 1. The van der Waals surface area contributed by atoms with E-state index in [0.717, 1.165) is 0 Å². The average Bonchev–Trinajstić information content (AvgIpc) is 2.84. The lowest BCUT2D eigenvalue weighted by Crippen LogP contribution is -2.27. The van der Waals surface area contributed by atoms with E-state index in [-0.39, 0.29) is 22.0 Å². The SMILES string of the molecule is N#CC1c2c(Cl)ccc(Cl)c2C(=O)N1Cc1ccc(S(N)(=O)=O)cc1. The highest BCUT2D eigenvalue weighted by Gasteiger charge is 2.40. The van der Waals surface area contributed by atoms with Crippen molar-refractivity contribution in [3.8, 4) is 6.07 Å². The van der Waals surface area contributed by atoms with Gasteiger partial charge in [0.25, 0.3) is 5.91 Å². The van der Waals surface area contributed by atoms with E-state index < -0.39 is 22.0 Å². The van der Waals surface area contributed by atoms with Crippen LogP contribution in [0.5, 0.6) is 0 Å². The molecule has 0 bridgehead atoms. The van der Waals surface area contributed by atoms with Gasteiger partial charge in [-0.05, 0) is 29.8 Å². The number of primary sulfonamides is 1. The number of hydrogen-bond donors (Lipinski definition) is 1. The lowest BCUT2D eigenvalue weighted by atomic mass is 10.1. The minimum atomic E-state index is -3.80. The first-order chi connectivity index (χ1) is 11.7. The van der Waals surface area contributed by atoms with Gasteiger partial charge >= 0.3 is 0 Å². The van der Waals surface area contributed by atoms with Crippen molar-refractivity contribution < 1.29 is 13.2 Å². The molecule has 1 aliphatic heterocycles. The molecule has 0 spiro atoms. The zero-order chi connectivity index (χ0) is 18.4. The minimum Gasteiger partial charge on any atom is -0.314 e.